The van der Waals surface area contributed by atoms with Crippen LogP contribution in [0.2, 0.25) is 0 Å². The molecular formula is C12H16F2O2. The highest BCUT2D eigenvalue weighted by atomic mass is 19.2. The van der Waals surface area contributed by atoms with Gasteiger partial charge in [-0.3, -0.25) is 0 Å². The highest BCUT2D eigenvalue weighted by molar-refractivity contribution is 5.27. The predicted molar refractivity (Wildman–Crippen MR) is 57.1 cm³/mol. The Morgan fingerprint density at radius 2 is 1.94 bits per heavy atom. The number of benzene rings is 1. The van der Waals surface area contributed by atoms with E-state index in [0.29, 0.717) is 6.42 Å². The zero-order chi connectivity index (χ0) is 12.3. The standard InChI is InChI=1S/C12H16F2O2/c1-4-9(16-3)12(15)8-6-5-7(2)10(13)11(8)14/h5-6,9,12,15H,4H2,1-3H3. The van der Waals surface area contributed by atoms with Gasteiger partial charge in [-0.15, -0.1) is 0 Å². The molecule has 90 valence electrons. The Morgan fingerprint density at radius 3 is 2.44 bits per heavy atom. The molecule has 4 heteroatoms. The van der Waals surface area contributed by atoms with E-state index in [1.807, 2.05) is 0 Å². The molecule has 1 aromatic rings. The third-order valence-electron chi connectivity index (χ3n) is 2.68. The molecule has 0 spiro atoms. The lowest BCUT2D eigenvalue weighted by molar-refractivity contribution is -0.0167. The van der Waals surface area contributed by atoms with Gasteiger partial charge < -0.3 is 9.84 Å². The lowest BCUT2D eigenvalue weighted by atomic mass is 10.0. The van der Waals surface area contributed by atoms with Crippen LogP contribution >= 0.6 is 0 Å². The first-order valence-electron chi connectivity index (χ1n) is 5.18. The third kappa shape index (κ3) is 2.39. The summed E-state index contributed by atoms with van der Waals surface area (Å²) in [5.41, 5.74) is 0.163. The van der Waals surface area contributed by atoms with Gasteiger partial charge in [0.2, 0.25) is 0 Å². The molecule has 0 bridgehead atoms. The first-order chi connectivity index (χ1) is 7.52. The molecule has 2 unspecified atom stereocenters. The van der Waals surface area contributed by atoms with Crippen LogP contribution in [0.3, 0.4) is 0 Å². The normalized spacial score (nSPS) is 14.9. The van der Waals surface area contributed by atoms with Crippen LogP contribution in [0, 0.1) is 18.6 Å². The maximum absolute atomic E-state index is 13.6. The quantitative estimate of drug-likeness (QED) is 0.861. The molecule has 2 atom stereocenters. The van der Waals surface area contributed by atoms with E-state index in [-0.39, 0.29) is 11.1 Å². The van der Waals surface area contributed by atoms with Crippen LogP contribution in [0.4, 0.5) is 8.78 Å². The van der Waals surface area contributed by atoms with Gasteiger partial charge in [0.15, 0.2) is 11.6 Å². The van der Waals surface area contributed by atoms with Gasteiger partial charge in [-0.2, -0.15) is 0 Å². The number of aliphatic hydroxyl groups excluding tert-OH is 1. The summed E-state index contributed by atoms with van der Waals surface area (Å²) in [5.74, 6) is -1.91. The van der Waals surface area contributed by atoms with Gasteiger partial charge in [0.05, 0.1) is 6.10 Å². The number of hydrogen-bond acceptors (Lipinski definition) is 2. The summed E-state index contributed by atoms with van der Waals surface area (Å²) in [6.45, 7) is 3.28. The average molecular weight is 230 g/mol. The van der Waals surface area contributed by atoms with Crippen LogP contribution in [0.5, 0.6) is 0 Å². The lowest BCUT2D eigenvalue weighted by Gasteiger charge is -2.21. The fraction of sp³-hybridized carbons (Fsp3) is 0.500. The van der Waals surface area contributed by atoms with Crippen LogP contribution < -0.4 is 0 Å². The van der Waals surface area contributed by atoms with E-state index in [1.54, 1.807) is 6.92 Å². The fourth-order valence-electron chi connectivity index (χ4n) is 1.61. The van der Waals surface area contributed by atoms with E-state index < -0.39 is 23.8 Å². The summed E-state index contributed by atoms with van der Waals surface area (Å²) >= 11 is 0. The number of methoxy groups -OCH3 is 1. The van der Waals surface area contributed by atoms with Gasteiger partial charge in [-0.05, 0) is 18.9 Å². The minimum Gasteiger partial charge on any atom is -0.386 e. The summed E-state index contributed by atoms with van der Waals surface area (Å²) < 4.78 is 31.9. The summed E-state index contributed by atoms with van der Waals surface area (Å²) in [5, 5.41) is 9.84. The SMILES string of the molecule is CCC(OC)C(O)c1ccc(C)c(F)c1F. The van der Waals surface area contributed by atoms with Gasteiger partial charge in [-0.25, -0.2) is 8.78 Å². The van der Waals surface area contributed by atoms with Crippen molar-refractivity contribution >= 4 is 0 Å². The average Bonchev–Trinajstić information content (AvgIpc) is 2.27. The molecule has 0 aliphatic rings. The highest BCUT2D eigenvalue weighted by Gasteiger charge is 2.24. The van der Waals surface area contributed by atoms with Crippen LogP contribution in [0.1, 0.15) is 30.6 Å². The van der Waals surface area contributed by atoms with Crippen LogP contribution in [-0.2, 0) is 4.74 Å². The number of halogens is 2. The zero-order valence-corrected chi connectivity index (χ0v) is 9.63. The van der Waals surface area contributed by atoms with Gasteiger partial charge in [0, 0.05) is 12.7 Å². The molecule has 1 aromatic carbocycles. The Balaban J connectivity index is 3.09. The highest BCUT2D eigenvalue weighted by Crippen LogP contribution is 2.26. The Hall–Kier alpha value is -1.00. The van der Waals surface area contributed by atoms with Crippen LogP contribution in [0.25, 0.3) is 0 Å². The molecule has 0 amide bonds. The minimum atomic E-state index is -1.15. The molecule has 0 radical (unpaired) electrons. The third-order valence-corrected chi connectivity index (χ3v) is 2.68. The van der Waals surface area contributed by atoms with Crippen molar-refractivity contribution in [3.05, 3.63) is 34.9 Å². The van der Waals surface area contributed by atoms with E-state index in [1.165, 1.54) is 26.2 Å². The minimum absolute atomic E-state index is 0.0585. The number of aryl methyl sites for hydroxylation is 1. The molecule has 1 rings (SSSR count). The number of ether oxygens (including phenoxy) is 1. The van der Waals surface area contributed by atoms with Crippen molar-refractivity contribution in [1.82, 2.24) is 0 Å². The first kappa shape index (κ1) is 13.1. The molecule has 16 heavy (non-hydrogen) atoms. The fourth-order valence-corrected chi connectivity index (χ4v) is 1.61. The molecule has 0 fully saturated rings. The van der Waals surface area contributed by atoms with Crippen molar-refractivity contribution in [3.63, 3.8) is 0 Å². The summed E-state index contributed by atoms with van der Waals surface area (Å²) in [6, 6.07) is 2.83. The van der Waals surface area contributed by atoms with E-state index in [9.17, 15) is 13.9 Å². The van der Waals surface area contributed by atoms with Crippen LogP contribution in [0.15, 0.2) is 12.1 Å². The Morgan fingerprint density at radius 1 is 1.31 bits per heavy atom. The smallest absolute Gasteiger partial charge is 0.164 e. The molecule has 0 saturated heterocycles. The van der Waals surface area contributed by atoms with Crippen molar-refractivity contribution < 1.29 is 18.6 Å². The largest absolute Gasteiger partial charge is 0.386 e. The zero-order valence-electron chi connectivity index (χ0n) is 9.63. The maximum atomic E-state index is 13.6. The van der Waals surface area contributed by atoms with Gasteiger partial charge in [-0.1, -0.05) is 19.1 Å². The van der Waals surface area contributed by atoms with E-state index in [4.69, 9.17) is 4.74 Å². The molecule has 1 N–H and O–H groups in total. The molecule has 0 aliphatic heterocycles. The van der Waals surface area contributed by atoms with E-state index >= 15 is 0 Å². The monoisotopic (exact) mass is 230 g/mol. The lowest BCUT2D eigenvalue weighted by Crippen LogP contribution is -2.21. The van der Waals surface area contributed by atoms with Crippen molar-refractivity contribution in [1.29, 1.82) is 0 Å². The summed E-state index contributed by atoms with van der Waals surface area (Å²) in [4.78, 5) is 0. The van der Waals surface area contributed by atoms with Crippen molar-refractivity contribution in [2.75, 3.05) is 7.11 Å². The van der Waals surface area contributed by atoms with Crippen LogP contribution in [-0.4, -0.2) is 18.3 Å². The molecular weight excluding hydrogens is 214 g/mol. The molecule has 0 aromatic heterocycles. The first-order valence-corrected chi connectivity index (χ1v) is 5.18. The van der Waals surface area contributed by atoms with Crippen molar-refractivity contribution in [2.45, 2.75) is 32.5 Å². The molecule has 2 nitrogen and oxygen atoms in total. The van der Waals surface area contributed by atoms with Crippen molar-refractivity contribution in [2.24, 2.45) is 0 Å². The Bertz CT molecular complexity index is 362. The topological polar surface area (TPSA) is 29.5 Å². The molecule has 0 saturated carbocycles. The van der Waals surface area contributed by atoms with Gasteiger partial charge >= 0.3 is 0 Å². The number of rotatable bonds is 4. The number of aliphatic hydroxyl groups is 1. The molecule has 0 aliphatic carbocycles. The predicted octanol–water partition coefficient (Wildman–Crippen LogP) is 2.73. The van der Waals surface area contributed by atoms with Crippen molar-refractivity contribution in [3.8, 4) is 0 Å². The van der Waals surface area contributed by atoms with Gasteiger partial charge in [0.25, 0.3) is 0 Å². The summed E-state index contributed by atoms with van der Waals surface area (Å²) in [6.07, 6.45) is -1.16. The Kier molecular flexibility index (Phi) is 4.38. The second-order valence-electron chi connectivity index (χ2n) is 3.73. The summed E-state index contributed by atoms with van der Waals surface area (Å²) in [7, 11) is 1.43. The number of hydrogen-bond donors (Lipinski definition) is 1. The van der Waals surface area contributed by atoms with Gasteiger partial charge in [0.1, 0.15) is 6.10 Å². The van der Waals surface area contributed by atoms with E-state index in [2.05, 4.69) is 0 Å². The van der Waals surface area contributed by atoms with E-state index in [0.717, 1.165) is 0 Å². The molecule has 0 heterocycles. The Labute approximate surface area is 93.9 Å². The second kappa shape index (κ2) is 5.37. The second-order valence-corrected chi connectivity index (χ2v) is 3.73. The maximum Gasteiger partial charge on any atom is 0.164 e.